The molecule has 0 fully saturated rings. The molecule has 1 aromatic rings. The van der Waals surface area contributed by atoms with Gasteiger partial charge in [0, 0.05) is 16.7 Å². The van der Waals surface area contributed by atoms with Crippen molar-refractivity contribution in [3.8, 4) is 0 Å². The van der Waals surface area contributed by atoms with Crippen LogP contribution in [0.3, 0.4) is 0 Å². The van der Waals surface area contributed by atoms with Crippen molar-refractivity contribution in [1.82, 2.24) is 0 Å². The van der Waals surface area contributed by atoms with Crippen LogP contribution in [0.1, 0.15) is 24.8 Å². The summed E-state index contributed by atoms with van der Waals surface area (Å²) in [7, 11) is 0. The minimum Gasteiger partial charge on any atom is -0.384 e. The van der Waals surface area contributed by atoms with Gasteiger partial charge in [-0.1, -0.05) is 28.1 Å². The molecule has 0 heterocycles. The third kappa shape index (κ3) is 4.00. The van der Waals surface area contributed by atoms with Gasteiger partial charge in [0.1, 0.15) is 0 Å². The largest absolute Gasteiger partial charge is 0.418 e. The van der Waals surface area contributed by atoms with Gasteiger partial charge in [-0.2, -0.15) is 13.2 Å². The summed E-state index contributed by atoms with van der Waals surface area (Å²) in [5.41, 5.74) is -0.460. The molecule has 104 valence electrons. The van der Waals surface area contributed by atoms with Gasteiger partial charge in [-0.05, 0) is 43.4 Å². The first-order valence-electron chi connectivity index (χ1n) is 6.22. The molecule has 5 heteroatoms. The number of alkyl halides is 3. The molecule has 19 heavy (non-hydrogen) atoms. The Morgan fingerprint density at radius 2 is 2.05 bits per heavy atom. The van der Waals surface area contributed by atoms with Crippen LogP contribution in [0.15, 0.2) is 34.8 Å². The van der Waals surface area contributed by atoms with E-state index in [0.717, 1.165) is 25.3 Å². The summed E-state index contributed by atoms with van der Waals surface area (Å²) < 4.78 is 39.2. The Labute approximate surface area is 119 Å². The fourth-order valence-electron chi connectivity index (χ4n) is 2.20. The highest BCUT2D eigenvalue weighted by molar-refractivity contribution is 9.10. The lowest BCUT2D eigenvalue weighted by atomic mass is 9.94. The minimum absolute atomic E-state index is 0.158. The maximum atomic E-state index is 12.9. The summed E-state index contributed by atoms with van der Waals surface area (Å²) >= 11 is 3.08. The predicted octanol–water partition coefficient (Wildman–Crippen LogP) is 5.24. The fourth-order valence-corrected chi connectivity index (χ4v) is 2.56. The third-order valence-electron chi connectivity index (χ3n) is 3.25. The SMILES string of the molecule is FC(F)(F)c1cc(Br)ccc1NCC1CC=CCC1. The molecule has 1 unspecified atom stereocenters. The lowest BCUT2D eigenvalue weighted by Crippen LogP contribution is -2.18. The first-order chi connectivity index (χ1) is 8.97. The molecule has 0 aliphatic heterocycles. The van der Waals surface area contributed by atoms with Crippen molar-refractivity contribution < 1.29 is 13.2 Å². The second-order valence-electron chi connectivity index (χ2n) is 4.72. The van der Waals surface area contributed by atoms with E-state index in [9.17, 15) is 13.2 Å². The molecule has 0 amide bonds. The number of benzene rings is 1. The van der Waals surface area contributed by atoms with Gasteiger partial charge in [-0.3, -0.25) is 0 Å². The molecule has 0 spiro atoms. The summed E-state index contributed by atoms with van der Waals surface area (Å²) in [4.78, 5) is 0. The molecule has 1 atom stereocenters. The molecular formula is C14H15BrF3N. The van der Waals surface area contributed by atoms with Crippen molar-refractivity contribution in [2.24, 2.45) is 5.92 Å². The quantitative estimate of drug-likeness (QED) is 0.746. The number of rotatable bonds is 3. The van der Waals surface area contributed by atoms with Crippen molar-refractivity contribution in [3.63, 3.8) is 0 Å². The number of nitrogens with one attached hydrogen (secondary N) is 1. The molecule has 1 aliphatic carbocycles. The zero-order valence-corrected chi connectivity index (χ0v) is 11.9. The van der Waals surface area contributed by atoms with E-state index in [4.69, 9.17) is 0 Å². The Morgan fingerprint density at radius 1 is 1.26 bits per heavy atom. The van der Waals surface area contributed by atoms with Crippen LogP contribution in [0.2, 0.25) is 0 Å². The molecule has 0 radical (unpaired) electrons. The zero-order valence-electron chi connectivity index (χ0n) is 10.3. The highest BCUT2D eigenvalue weighted by atomic mass is 79.9. The number of hydrogen-bond acceptors (Lipinski definition) is 1. The topological polar surface area (TPSA) is 12.0 Å². The van der Waals surface area contributed by atoms with Gasteiger partial charge in [0.25, 0.3) is 0 Å². The first kappa shape index (κ1) is 14.4. The number of allylic oxidation sites excluding steroid dienone is 2. The first-order valence-corrected chi connectivity index (χ1v) is 7.02. The van der Waals surface area contributed by atoms with Crippen molar-refractivity contribution >= 4 is 21.6 Å². The molecule has 0 aromatic heterocycles. The fraction of sp³-hybridized carbons (Fsp3) is 0.429. The van der Waals surface area contributed by atoms with Crippen LogP contribution >= 0.6 is 15.9 Å². The Hall–Kier alpha value is -0.970. The van der Waals surface area contributed by atoms with Crippen LogP contribution in [-0.4, -0.2) is 6.54 Å². The number of anilines is 1. The molecule has 1 nitrogen and oxygen atoms in total. The Balaban J connectivity index is 2.09. The molecule has 2 rings (SSSR count). The molecule has 1 aliphatic rings. The molecule has 0 saturated carbocycles. The van der Waals surface area contributed by atoms with Gasteiger partial charge in [0.05, 0.1) is 5.56 Å². The van der Waals surface area contributed by atoms with Crippen molar-refractivity contribution in [2.75, 3.05) is 11.9 Å². The normalized spacial score (nSPS) is 19.5. The van der Waals surface area contributed by atoms with Crippen LogP contribution in [0.4, 0.5) is 18.9 Å². The molecule has 1 N–H and O–H groups in total. The maximum absolute atomic E-state index is 12.9. The summed E-state index contributed by atoms with van der Waals surface area (Å²) in [5, 5.41) is 2.94. The molecule has 1 aromatic carbocycles. The second-order valence-corrected chi connectivity index (χ2v) is 5.63. The van der Waals surface area contributed by atoms with E-state index in [2.05, 4.69) is 33.4 Å². The van der Waals surface area contributed by atoms with E-state index in [1.54, 1.807) is 6.07 Å². The monoisotopic (exact) mass is 333 g/mol. The van der Waals surface area contributed by atoms with E-state index in [0.29, 0.717) is 16.9 Å². The lowest BCUT2D eigenvalue weighted by Gasteiger charge is -2.21. The zero-order chi connectivity index (χ0) is 13.9. The second kappa shape index (κ2) is 5.99. The van der Waals surface area contributed by atoms with E-state index < -0.39 is 11.7 Å². The van der Waals surface area contributed by atoms with Gasteiger partial charge in [0.15, 0.2) is 0 Å². The van der Waals surface area contributed by atoms with Gasteiger partial charge < -0.3 is 5.32 Å². The summed E-state index contributed by atoms with van der Waals surface area (Å²) in [6.07, 6.45) is 2.86. The third-order valence-corrected chi connectivity index (χ3v) is 3.74. The van der Waals surface area contributed by atoms with E-state index in [1.165, 1.54) is 6.07 Å². The number of hydrogen-bond donors (Lipinski definition) is 1. The van der Waals surface area contributed by atoms with Crippen LogP contribution in [-0.2, 0) is 6.18 Å². The van der Waals surface area contributed by atoms with Crippen LogP contribution in [0, 0.1) is 5.92 Å². The van der Waals surface area contributed by atoms with Gasteiger partial charge >= 0.3 is 6.18 Å². The van der Waals surface area contributed by atoms with Crippen molar-refractivity contribution in [3.05, 3.63) is 40.4 Å². The smallest absolute Gasteiger partial charge is 0.384 e. The Kier molecular flexibility index (Phi) is 4.55. The van der Waals surface area contributed by atoms with Gasteiger partial charge in [-0.25, -0.2) is 0 Å². The summed E-state index contributed by atoms with van der Waals surface area (Å²) in [6, 6.07) is 4.22. The molecule has 0 saturated heterocycles. The molecular weight excluding hydrogens is 319 g/mol. The maximum Gasteiger partial charge on any atom is 0.418 e. The van der Waals surface area contributed by atoms with Crippen LogP contribution in [0.5, 0.6) is 0 Å². The lowest BCUT2D eigenvalue weighted by molar-refractivity contribution is -0.137. The van der Waals surface area contributed by atoms with Gasteiger partial charge in [0.2, 0.25) is 0 Å². The highest BCUT2D eigenvalue weighted by Gasteiger charge is 2.33. The number of halogens is 4. The Bertz CT molecular complexity index is 468. The predicted molar refractivity (Wildman–Crippen MR) is 74.1 cm³/mol. The Morgan fingerprint density at radius 3 is 2.68 bits per heavy atom. The van der Waals surface area contributed by atoms with Crippen LogP contribution < -0.4 is 5.32 Å². The summed E-state index contributed by atoms with van der Waals surface area (Å²) in [6.45, 7) is 0.578. The van der Waals surface area contributed by atoms with E-state index in [-0.39, 0.29) is 5.69 Å². The average Bonchev–Trinajstić information content (AvgIpc) is 2.37. The van der Waals surface area contributed by atoms with Crippen molar-refractivity contribution in [2.45, 2.75) is 25.4 Å². The van der Waals surface area contributed by atoms with Gasteiger partial charge in [-0.15, -0.1) is 0 Å². The summed E-state index contributed by atoms with van der Waals surface area (Å²) in [5.74, 6) is 0.412. The highest BCUT2D eigenvalue weighted by Crippen LogP contribution is 2.36. The standard InChI is InChI=1S/C14H15BrF3N/c15-11-6-7-13(12(8-11)14(16,17)18)19-9-10-4-2-1-3-5-10/h1-2,6-8,10,19H,3-5,9H2. The van der Waals surface area contributed by atoms with Crippen molar-refractivity contribution in [1.29, 1.82) is 0 Å². The van der Waals surface area contributed by atoms with E-state index in [1.807, 2.05) is 0 Å². The minimum atomic E-state index is -4.33. The average molecular weight is 334 g/mol. The molecule has 0 bridgehead atoms. The van der Waals surface area contributed by atoms with Crippen LogP contribution in [0.25, 0.3) is 0 Å². The van der Waals surface area contributed by atoms with E-state index >= 15 is 0 Å².